The standard InChI is InChI=1S/C17H14ClNO2/c1-11-9-13(5-8-16(11)18)17(20)15(10-19)12-3-6-14(21-2)7-4-12/h3-9,15H,1-2H3. The fraction of sp³-hybridized carbons (Fsp3) is 0.176. The van der Waals surface area contributed by atoms with Gasteiger partial charge in [-0.3, -0.25) is 4.79 Å². The van der Waals surface area contributed by atoms with Gasteiger partial charge >= 0.3 is 0 Å². The molecule has 0 aromatic heterocycles. The maximum Gasteiger partial charge on any atom is 0.184 e. The molecule has 0 aliphatic heterocycles. The lowest BCUT2D eigenvalue weighted by molar-refractivity contribution is 0.0979. The molecule has 0 N–H and O–H groups in total. The highest BCUT2D eigenvalue weighted by Crippen LogP contribution is 2.25. The first kappa shape index (κ1) is 15.1. The Morgan fingerprint density at radius 1 is 1.24 bits per heavy atom. The molecule has 0 heterocycles. The van der Waals surface area contributed by atoms with Crippen LogP contribution < -0.4 is 4.74 Å². The summed E-state index contributed by atoms with van der Waals surface area (Å²) in [5.74, 6) is -0.385. The van der Waals surface area contributed by atoms with Crippen molar-refractivity contribution in [3.8, 4) is 11.8 Å². The third-order valence-electron chi connectivity index (χ3n) is 3.28. The minimum atomic E-state index is -0.837. The SMILES string of the molecule is COc1ccc(C(C#N)C(=O)c2ccc(Cl)c(C)c2)cc1. The molecule has 0 radical (unpaired) electrons. The van der Waals surface area contributed by atoms with Gasteiger partial charge in [0.05, 0.1) is 13.2 Å². The van der Waals surface area contributed by atoms with Crippen LogP contribution in [-0.4, -0.2) is 12.9 Å². The molecule has 2 aromatic rings. The van der Waals surface area contributed by atoms with Crippen LogP contribution in [-0.2, 0) is 0 Å². The van der Waals surface area contributed by atoms with E-state index in [4.69, 9.17) is 16.3 Å². The first-order chi connectivity index (χ1) is 10.1. The Kier molecular flexibility index (Phi) is 4.62. The molecule has 0 bridgehead atoms. The maximum atomic E-state index is 12.5. The Labute approximate surface area is 128 Å². The van der Waals surface area contributed by atoms with Crippen molar-refractivity contribution in [1.29, 1.82) is 5.26 Å². The summed E-state index contributed by atoms with van der Waals surface area (Å²) in [5, 5.41) is 9.93. The predicted molar refractivity (Wildman–Crippen MR) is 81.9 cm³/mol. The molecule has 0 aliphatic rings. The molecule has 21 heavy (non-hydrogen) atoms. The van der Waals surface area contributed by atoms with Gasteiger partial charge in [-0.1, -0.05) is 23.7 Å². The molecular weight excluding hydrogens is 286 g/mol. The minimum absolute atomic E-state index is 0.234. The van der Waals surface area contributed by atoms with Crippen LogP contribution in [0, 0.1) is 18.3 Å². The van der Waals surface area contributed by atoms with E-state index < -0.39 is 5.92 Å². The van der Waals surface area contributed by atoms with Crippen molar-refractivity contribution in [1.82, 2.24) is 0 Å². The van der Waals surface area contributed by atoms with E-state index in [9.17, 15) is 10.1 Å². The van der Waals surface area contributed by atoms with Crippen LogP contribution in [0.2, 0.25) is 5.02 Å². The van der Waals surface area contributed by atoms with Crippen molar-refractivity contribution in [2.45, 2.75) is 12.8 Å². The number of aryl methyl sites for hydroxylation is 1. The van der Waals surface area contributed by atoms with Crippen molar-refractivity contribution in [2.75, 3.05) is 7.11 Å². The molecule has 0 spiro atoms. The summed E-state index contributed by atoms with van der Waals surface area (Å²) in [6.07, 6.45) is 0. The molecule has 4 heteroatoms. The van der Waals surface area contributed by atoms with E-state index in [0.717, 1.165) is 5.56 Å². The van der Waals surface area contributed by atoms with Crippen molar-refractivity contribution >= 4 is 17.4 Å². The number of hydrogen-bond acceptors (Lipinski definition) is 3. The fourth-order valence-electron chi connectivity index (χ4n) is 2.05. The zero-order valence-electron chi connectivity index (χ0n) is 11.8. The van der Waals surface area contributed by atoms with Gasteiger partial charge in [0.25, 0.3) is 0 Å². The van der Waals surface area contributed by atoms with Gasteiger partial charge in [0.1, 0.15) is 11.7 Å². The normalized spacial score (nSPS) is 11.5. The van der Waals surface area contributed by atoms with Gasteiger partial charge in [-0.05, 0) is 48.4 Å². The number of halogens is 1. The molecule has 1 atom stereocenters. The monoisotopic (exact) mass is 299 g/mol. The summed E-state index contributed by atoms with van der Waals surface area (Å²) in [6, 6.07) is 14.0. The Morgan fingerprint density at radius 3 is 2.43 bits per heavy atom. The Bertz CT molecular complexity index is 702. The zero-order valence-corrected chi connectivity index (χ0v) is 12.5. The largest absolute Gasteiger partial charge is 0.497 e. The topological polar surface area (TPSA) is 50.1 Å². The van der Waals surface area contributed by atoms with Crippen LogP contribution in [0.3, 0.4) is 0 Å². The van der Waals surface area contributed by atoms with Crippen LogP contribution in [0.1, 0.15) is 27.4 Å². The van der Waals surface area contributed by atoms with Gasteiger partial charge in [-0.25, -0.2) is 0 Å². The number of nitrogens with zero attached hydrogens (tertiary/aromatic N) is 1. The van der Waals surface area contributed by atoms with Crippen LogP contribution in [0.25, 0.3) is 0 Å². The van der Waals surface area contributed by atoms with E-state index in [1.165, 1.54) is 0 Å². The van der Waals surface area contributed by atoms with Gasteiger partial charge < -0.3 is 4.74 Å². The smallest absolute Gasteiger partial charge is 0.184 e. The van der Waals surface area contributed by atoms with Crippen LogP contribution in [0.4, 0.5) is 0 Å². The summed E-state index contributed by atoms with van der Waals surface area (Å²) in [4.78, 5) is 12.5. The molecule has 2 rings (SSSR count). The van der Waals surface area contributed by atoms with Crippen molar-refractivity contribution in [3.63, 3.8) is 0 Å². The second-order valence-corrected chi connectivity index (χ2v) is 5.07. The van der Waals surface area contributed by atoms with E-state index in [2.05, 4.69) is 6.07 Å². The van der Waals surface area contributed by atoms with Crippen molar-refractivity contribution in [2.24, 2.45) is 0 Å². The van der Waals surface area contributed by atoms with Gasteiger partial charge in [0.2, 0.25) is 0 Å². The quantitative estimate of drug-likeness (QED) is 0.797. The first-order valence-corrected chi connectivity index (χ1v) is 6.78. The number of rotatable bonds is 4. The number of carbonyl (C=O) groups is 1. The number of nitriles is 1. The second-order valence-electron chi connectivity index (χ2n) is 4.66. The van der Waals surface area contributed by atoms with Gasteiger partial charge in [-0.2, -0.15) is 5.26 Å². The predicted octanol–water partition coefficient (Wildman–Crippen LogP) is 4.15. The molecule has 0 aliphatic carbocycles. The number of carbonyl (C=O) groups excluding carboxylic acids is 1. The molecule has 3 nitrogen and oxygen atoms in total. The lowest BCUT2D eigenvalue weighted by atomic mass is 9.91. The number of hydrogen-bond donors (Lipinski definition) is 0. The van der Waals surface area contributed by atoms with Gasteiger partial charge in [-0.15, -0.1) is 0 Å². The van der Waals surface area contributed by atoms with Crippen LogP contribution >= 0.6 is 11.6 Å². The molecule has 106 valence electrons. The Hall–Kier alpha value is -2.31. The average molecular weight is 300 g/mol. The number of methoxy groups -OCH3 is 1. The van der Waals surface area contributed by atoms with Gasteiger partial charge in [0, 0.05) is 10.6 Å². The molecule has 1 unspecified atom stereocenters. The fourth-order valence-corrected chi connectivity index (χ4v) is 2.16. The summed E-state index contributed by atoms with van der Waals surface area (Å²) in [6.45, 7) is 1.83. The number of ether oxygens (including phenoxy) is 1. The highest BCUT2D eigenvalue weighted by Gasteiger charge is 2.22. The third-order valence-corrected chi connectivity index (χ3v) is 3.71. The lowest BCUT2D eigenvalue weighted by Crippen LogP contribution is -2.11. The Morgan fingerprint density at radius 2 is 1.90 bits per heavy atom. The zero-order chi connectivity index (χ0) is 15.4. The highest BCUT2D eigenvalue weighted by molar-refractivity contribution is 6.31. The number of Topliss-reactive ketones (excluding diaryl/α,β-unsaturated/α-hetero) is 1. The Balaban J connectivity index is 2.33. The summed E-state index contributed by atoms with van der Waals surface area (Å²) in [7, 11) is 1.57. The summed E-state index contributed by atoms with van der Waals surface area (Å²) >= 11 is 5.96. The van der Waals surface area contributed by atoms with Gasteiger partial charge in [0.15, 0.2) is 5.78 Å². The molecular formula is C17H14ClNO2. The van der Waals surface area contributed by atoms with E-state index in [1.807, 2.05) is 6.92 Å². The van der Waals surface area contributed by atoms with Crippen LogP contribution in [0.15, 0.2) is 42.5 Å². The van der Waals surface area contributed by atoms with Crippen molar-refractivity contribution in [3.05, 3.63) is 64.2 Å². The average Bonchev–Trinajstić information content (AvgIpc) is 2.51. The maximum absolute atomic E-state index is 12.5. The van der Waals surface area contributed by atoms with Crippen molar-refractivity contribution < 1.29 is 9.53 Å². The molecule has 0 saturated heterocycles. The molecule has 2 aromatic carbocycles. The highest BCUT2D eigenvalue weighted by atomic mass is 35.5. The third kappa shape index (κ3) is 3.24. The summed E-state index contributed by atoms with van der Waals surface area (Å²) in [5.41, 5.74) is 1.95. The number of ketones is 1. The van der Waals surface area contributed by atoms with E-state index in [1.54, 1.807) is 49.6 Å². The summed E-state index contributed by atoms with van der Waals surface area (Å²) < 4.78 is 5.07. The second kappa shape index (κ2) is 6.43. The molecule has 0 fully saturated rings. The van der Waals surface area contributed by atoms with E-state index in [-0.39, 0.29) is 5.78 Å². The van der Waals surface area contributed by atoms with E-state index >= 15 is 0 Å². The molecule has 0 saturated carbocycles. The molecule has 0 amide bonds. The number of benzene rings is 2. The van der Waals surface area contributed by atoms with E-state index in [0.29, 0.717) is 21.9 Å². The lowest BCUT2D eigenvalue weighted by Gasteiger charge is -2.10. The minimum Gasteiger partial charge on any atom is -0.497 e. The van der Waals surface area contributed by atoms with Crippen LogP contribution in [0.5, 0.6) is 5.75 Å². The first-order valence-electron chi connectivity index (χ1n) is 6.40.